The van der Waals surface area contributed by atoms with Crippen molar-refractivity contribution in [2.24, 2.45) is 13.0 Å². The third-order valence-corrected chi connectivity index (χ3v) is 6.08. The maximum atomic E-state index is 12.6. The molecule has 0 unspecified atom stereocenters. The first-order valence-corrected chi connectivity index (χ1v) is 8.67. The molecule has 0 N–H and O–H groups in total. The fourth-order valence-corrected chi connectivity index (χ4v) is 4.25. The Bertz CT molecular complexity index is 535. The Labute approximate surface area is 120 Å². The second kappa shape index (κ2) is 5.85. The van der Waals surface area contributed by atoms with Crippen molar-refractivity contribution in [1.29, 1.82) is 0 Å². The molecule has 2 rings (SSSR count). The molecule has 4 nitrogen and oxygen atoms in total. The molecule has 0 amide bonds. The molecule has 1 saturated carbocycles. The standard InChI is InChI=1S/C13H21ClN2O2S/c1-3-16(9-11-5-4-6-11)19(17,18)13-7-12(8-14)15(2)10-13/h7,10-11H,3-6,8-9H2,1-2H3. The normalized spacial score (nSPS) is 16.8. The van der Waals surface area contributed by atoms with E-state index < -0.39 is 10.0 Å². The van der Waals surface area contributed by atoms with E-state index in [9.17, 15) is 8.42 Å². The van der Waals surface area contributed by atoms with Gasteiger partial charge in [-0.1, -0.05) is 13.3 Å². The van der Waals surface area contributed by atoms with Crippen LogP contribution >= 0.6 is 11.6 Å². The molecule has 1 fully saturated rings. The van der Waals surface area contributed by atoms with E-state index >= 15 is 0 Å². The summed E-state index contributed by atoms with van der Waals surface area (Å²) in [6, 6.07) is 1.67. The van der Waals surface area contributed by atoms with Gasteiger partial charge in [-0.05, 0) is 24.8 Å². The summed E-state index contributed by atoms with van der Waals surface area (Å²) >= 11 is 5.80. The van der Waals surface area contributed by atoms with Crippen molar-refractivity contribution in [1.82, 2.24) is 8.87 Å². The first-order valence-electron chi connectivity index (χ1n) is 6.70. The van der Waals surface area contributed by atoms with Gasteiger partial charge in [0, 0.05) is 32.0 Å². The van der Waals surface area contributed by atoms with Gasteiger partial charge in [0.05, 0.1) is 5.88 Å². The first kappa shape index (κ1) is 14.9. The number of alkyl halides is 1. The minimum atomic E-state index is -3.38. The van der Waals surface area contributed by atoms with Gasteiger partial charge in [0.1, 0.15) is 4.90 Å². The number of aromatic nitrogens is 1. The lowest BCUT2D eigenvalue weighted by Crippen LogP contribution is -2.37. The molecular formula is C13H21ClN2O2S. The van der Waals surface area contributed by atoms with Gasteiger partial charge >= 0.3 is 0 Å². The first-order chi connectivity index (χ1) is 8.98. The van der Waals surface area contributed by atoms with Crippen molar-refractivity contribution in [2.75, 3.05) is 13.1 Å². The number of hydrogen-bond donors (Lipinski definition) is 0. The zero-order chi connectivity index (χ0) is 14.0. The molecule has 0 bridgehead atoms. The molecule has 1 aromatic rings. The quantitative estimate of drug-likeness (QED) is 0.758. The van der Waals surface area contributed by atoms with Gasteiger partial charge in [0.2, 0.25) is 10.0 Å². The van der Waals surface area contributed by atoms with Crippen LogP contribution in [-0.4, -0.2) is 30.4 Å². The number of rotatable bonds is 6. The second-order valence-corrected chi connectivity index (χ2v) is 7.37. The van der Waals surface area contributed by atoms with Gasteiger partial charge in [-0.3, -0.25) is 0 Å². The van der Waals surface area contributed by atoms with Crippen LogP contribution in [0.3, 0.4) is 0 Å². The zero-order valence-corrected chi connectivity index (χ0v) is 13.0. The highest BCUT2D eigenvalue weighted by Gasteiger charge is 2.29. The molecule has 0 aromatic carbocycles. The number of hydrogen-bond acceptors (Lipinski definition) is 2. The van der Waals surface area contributed by atoms with Gasteiger partial charge in [-0.2, -0.15) is 4.31 Å². The minimum absolute atomic E-state index is 0.320. The molecule has 0 atom stereocenters. The highest BCUT2D eigenvalue weighted by molar-refractivity contribution is 7.89. The van der Waals surface area contributed by atoms with Crippen molar-refractivity contribution in [3.05, 3.63) is 18.0 Å². The predicted octanol–water partition coefficient (Wildman–Crippen LogP) is 2.57. The van der Waals surface area contributed by atoms with Gasteiger partial charge in [0.25, 0.3) is 0 Å². The van der Waals surface area contributed by atoms with Crippen LogP contribution < -0.4 is 0 Å². The van der Waals surface area contributed by atoms with Crippen molar-refractivity contribution in [3.63, 3.8) is 0 Å². The Balaban J connectivity index is 2.22. The zero-order valence-electron chi connectivity index (χ0n) is 11.5. The summed E-state index contributed by atoms with van der Waals surface area (Å²) in [6.45, 7) is 3.05. The Morgan fingerprint density at radius 2 is 2.16 bits per heavy atom. The van der Waals surface area contributed by atoms with Crippen LogP contribution in [0.15, 0.2) is 17.2 Å². The van der Waals surface area contributed by atoms with Gasteiger partial charge < -0.3 is 4.57 Å². The number of aryl methyl sites for hydroxylation is 1. The van der Waals surface area contributed by atoms with Crippen molar-refractivity contribution < 1.29 is 8.42 Å². The largest absolute Gasteiger partial charge is 0.352 e. The average Bonchev–Trinajstić information content (AvgIpc) is 2.69. The highest BCUT2D eigenvalue weighted by Crippen LogP contribution is 2.29. The topological polar surface area (TPSA) is 42.3 Å². The fourth-order valence-electron chi connectivity index (χ4n) is 2.36. The van der Waals surface area contributed by atoms with Gasteiger partial charge in [-0.25, -0.2) is 8.42 Å². The highest BCUT2D eigenvalue weighted by atomic mass is 35.5. The molecule has 1 aromatic heterocycles. The molecule has 1 heterocycles. The molecule has 0 spiro atoms. The van der Waals surface area contributed by atoms with Crippen LogP contribution in [-0.2, 0) is 23.0 Å². The van der Waals surface area contributed by atoms with E-state index in [1.807, 2.05) is 14.0 Å². The lowest BCUT2D eigenvalue weighted by molar-refractivity contribution is 0.250. The van der Waals surface area contributed by atoms with Crippen molar-refractivity contribution >= 4 is 21.6 Å². The van der Waals surface area contributed by atoms with Crippen LogP contribution in [0.4, 0.5) is 0 Å². The smallest absolute Gasteiger partial charge is 0.244 e. The van der Waals surface area contributed by atoms with Gasteiger partial charge in [0.15, 0.2) is 0 Å². The van der Waals surface area contributed by atoms with Crippen LogP contribution in [0.25, 0.3) is 0 Å². The number of sulfonamides is 1. The number of nitrogens with zero attached hydrogens (tertiary/aromatic N) is 2. The summed E-state index contributed by atoms with van der Waals surface area (Å²) in [4.78, 5) is 0.354. The summed E-state index contributed by atoms with van der Waals surface area (Å²) in [5.74, 6) is 0.853. The maximum absolute atomic E-state index is 12.6. The minimum Gasteiger partial charge on any atom is -0.352 e. The lowest BCUT2D eigenvalue weighted by atomic mass is 9.85. The van der Waals surface area contributed by atoms with E-state index in [1.54, 1.807) is 21.1 Å². The Morgan fingerprint density at radius 3 is 2.58 bits per heavy atom. The second-order valence-electron chi connectivity index (χ2n) is 5.16. The SMILES string of the molecule is CCN(CC1CCC1)S(=O)(=O)c1cc(CCl)n(C)c1. The van der Waals surface area contributed by atoms with E-state index in [1.165, 1.54) is 6.42 Å². The predicted molar refractivity (Wildman–Crippen MR) is 76.7 cm³/mol. The van der Waals surface area contributed by atoms with Crippen LogP contribution in [0, 0.1) is 5.92 Å². The summed E-state index contributed by atoms with van der Waals surface area (Å²) in [6.07, 6.45) is 5.17. The molecular weight excluding hydrogens is 284 g/mol. The summed E-state index contributed by atoms with van der Waals surface area (Å²) in [7, 11) is -1.56. The van der Waals surface area contributed by atoms with E-state index in [2.05, 4.69) is 0 Å². The Morgan fingerprint density at radius 1 is 1.47 bits per heavy atom. The monoisotopic (exact) mass is 304 g/mol. The van der Waals surface area contributed by atoms with Crippen molar-refractivity contribution in [2.45, 2.75) is 37.0 Å². The molecule has 0 aliphatic heterocycles. The Hall–Kier alpha value is -0.520. The molecule has 1 aliphatic rings. The summed E-state index contributed by atoms with van der Waals surface area (Å²) < 4.78 is 28.5. The van der Waals surface area contributed by atoms with E-state index in [-0.39, 0.29) is 0 Å². The Kier molecular flexibility index (Phi) is 4.58. The molecule has 6 heteroatoms. The van der Waals surface area contributed by atoms with Crippen LogP contribution in [0.5, 0.6) is 0 Å². The van der Waals surface area contributed by atoms with Crippen molar-refractivity contribution in [3.8, 4) is 0 Å². The number of halogens is 1. The molecule has 0 radical (unpaired) electrons. The molecule has 0 saturated heterocycles. The third-order valence-electron chi connectivity index (χ3n) is 3.90. The lowest BCUT2D eigenvalue weighted by Gasteiger charge is -2.30. The van der Waals surface area contributed by atoms with E-state index in [4.69, 9.17) is 11.6 Å². The van der Waals surface area contributed by atoms with Crippen LogP contribution in [0.2, 0.25) is 0 Å². The van der Waals surface area contributed by atoms with E-state index in [0.717, 1.165) is 18.5 Å². The average molecular weight is 305 g/mol. The van der Waals surface area contributed by atoms with E-state index in [0.29, 0.717) is 29.8 Å². The van der Waals surface area contributed by atoms with Crippen LogP contribution in [0.1, 0.15) is 31.9 Å². The maximum Gasteiger partial charge on any atom is 0.244 e. The third kappa shape index (κ3) is 2.98. The summed E-state index contributed by atoms with van der Waals surface area (Å²) in [5.41, 5.74) is 0.819. The van der Waals surface area contributed by atoms with Gasteiger partial charge in [-0.15, -0.1) is 11.6 Å². The molecule has 19 heavy (non-hydrogen) atoms. The molecule has 108 valence electrons. The summed E-state index contributed by atoms with van der Waals surface area (Å²) in [5, 5.41) is 0. The molecule has 1 aliphatic carbocycles. The fraction of sp³-hybridized carbons (Fsp3) is 0.692.